The number of aliphatic hydroxyl groups excluding tert-OH is 1. The molecule has 2 unspecified atom stereocenters. The summed E-state index contributed by atoms with van der Waals surface area (Å²) in [6.07, 6.45) is 40.0. The number of ether oxygens (including phenoxy) is 4. The van der Waals surface area contributed by atoms with Crippen molar-refractivity contribution in [2.75, 3.05) is 39.6 Å². The van der Waals surface area contributed by atoms with Crippen molar-refractivity contribution in [1.82, 2.24) is 0 Å². The molecule has 79 heavy (non-hydrogen) atoms. The maximum absolute atomic E-state index is 12.9. The van der Waals surface area contributed by atoms with Crippen LogP contribution in [0.3, 0.4) is 0 Å². The molecule has 19 heteroatoms. The third-order valence-corrected chi connectivity index (χ3v) is 15.8. The summed E-state index contributed by atoms with van der Waals surface area (Å²) < 4.78 is 67.3. The fourth-order valence-electron chi connectivity index (χ4n) is 8.90. The van der Waals surface area contributed by atoms with Crippen molar-refractivity contribution in [3.05, 3.63) is 0 Å². The van der Waals surface area contributed by atoms with E-state index in [4.69, 9.17) is 37.0 Å². The number of aliphatic hydroxyl groups is 1. The molecule has 0 aliphatic heterocycles. The van der Waals surface area contributed by atoms with Crippen molar-refractivity contribution in [3.63, 3.8) is 0 Å². The molecule has 0 saturated heterocycles. The molecule has 0 aromatic carbocycles. The maximum atomic E-state index is 12.9. The lowest BCUT2D eigenvalue weighted by molar-refractivity contribution is -0.161. The first-order valence-corrected chi connectivity index (χ1v) is 34.8. The third-order valence-electron chi connectivity index (χ3n) is 13.9. The van der Waals surface area contributed by atoms with Gasteiger partial charge in [-0.05, 0) is 25.7 Å². The molecule has 0 radical (unpaired) electrons. The number of hydrogen-bond donors (Lipinski definition) is 3. The minimum Gasteiger partial charge on any atom is -0.462 e. The van der Waals surface area contributed by atoms with E-state index >= 15 is 0 Å². The van der Waals surface area contributed by atoms with Gasteiger partial charge in [0.05, 0.1) is 26.4 Å². The second-order valence-electron chi connectivity index (χ2n) is 21.7. The van der Waals surface area contributed by atoms with Gasteiger partial charge >= 0.3 is 39.5 Å². The van der Waals surface area contributed by atoms with Gasteiger partial charge in [-0.3, -0.25) is 37.3 Å². The van der Waals surface area contributed by atoms with Gasteiger partial charge in [-0.1, -0.05) is 252 Å². The van der Waals surface area contributed by atoms with Crippen LogP contribution in [0.5, 0.6) is 0 Å². The zero-order valence-corrected chi connectivity index (χ0v) is 52.1. The molecule has 0 aliphatic carbocycles. The van der Waals surface area contributed by atoms with E-state index in [0.29, 0.717) is 25.7 Å². The minimum atomic E-state index is -4.94. The van der Waals surface area contributed by atoms with Crippen molar-refractivity contribution >= 4 is 39.5 Å². The zero-order chi connectivity index (χ0) is 58.3. The van der Waals surface area contributed by atoms with E-state index in [1.54, 1.807) is 0 Å². The summed E-state index contributed by atoms with van der Waals surface area (Å²) in [4.78, 5) is 71.4. The molecule has 5 atom stereocenters. The van der Waals surface area contributed by atoms with Gasteiger partial charge in [0.15, 0.2) is 12.2 Å². The molecule has 0 fully saturated rings. The SMILES string of the molecule is CCCCCCCCCCCCCCCCCC(=O)OC[C@H](COP(=O)(O)OC[C@@H](O)COP(=O)(O)OC[C@@H](COC(=O)CCCC)OC(=O)CCCCCCCCCCCC)OC(=O)CCCCCCCCCCCCCC. The number of phosphoric ester groups is 2. The minimum absolute atomic E-state index is 0.104. The van der Waals surface area contributed by atoms with E-state index < -0.39 is 97.5 Å². The Labute approximate surface area is 479 Å². The van der Waals surface area contributed by atoms with Crippen LogP contribution < -0.4 is 0 Å². The van der Waals surface area contributed by atoms with E-state index in [2.05, 4.69) is 20.8 Å². The number of unbranched alkanes of at least 4 members (excludes halogenated alkanes) is 35. The summed E-state index contributed by atoms with van der Waals surface area (Å²) >= 11 is 0. The number of esters is 4. The second kappa shape index (κ2) is 55.3. The van der Waals surface area contributed by atoms with Crippen LogP contribution in [0.25, 0.3) is 0 Å². The Kier molecular flexibility index (Phi) is 53.9. The van der Waals surface area contributed by atoms with Gasteiger partial charge < -0.3 is 33.8 Å². The van der Waals surface area contributed by atoms with Crippen LogP contribution in [-0.4, -0.2) is 96.7 Å². The van der Waals surface area contributed by atoms with Gasteiger partial charge in [0.2, 0.25) is 0 Å². The molecule has 0 aromatic rings. The van der Waals surface area contributed by atoms with Gasteiger partial charge in [-0.15, -0.1) is 0 Å². The van der Waals surface area contributed by atoms with E-state index in [-0.39, 0.29) is 25.7 Å². The number of rotatable bonds is 61. The molecule has 0 aromatic heterocycles. The second-order valence-corrected chi connectivity index (χ2v) is 24.6. The molecule has 0 heterocycles. The number of carbonyl (C=O) groups excluding carboxylic acids is 4. The van der Waals surface area contributed by atoms with Crippen molar-refractivity contribution < 1.29 is 80.2 Å². The largest absolute Gasteiger partial charge is 0.472 e. The number of carbonyl (C=O) groups is 4. The van der Waals surface area contributed by atoms with Crippen LogP contribution in [-0.2, 0) is 65.4 Å². The standard InChI is InChI=1S/C60H116O17P2/c1-5-9-13-16-19-22-25-27-28-29-31-33-35-38-41-45-58(63)71-51-56(77-60(65)47-43-40-37-34-30-26-23-20-17-14-10-6-2)53-75-79(68,69)73-49-54(61)48-72-78(66,67)74-52-55(50-70-57(62)44-12-8-4)76-59(64)46-42-39-36-32-24-21-18-15-11-7-3/h54-56,61H,5-53H2,1-4H3,(H,66,67)(H,68,69)/t54-,55+,56+/m0/s1. The Morgan fingerprint density at radius 2 is 0.519 bits per heavy atom. The van der Waals surface area contributed by atoms with Crippen LogP contribution in [0, 0.1) is 0 Å². The molecular weight excluding hydrogens is 1050 g/mol. The summed E-state index contributed by atoms with van der Waals surface area (Å²) in [5, 5.41) is 10.5. The van der Waals surface area contributed by atoms with E-state index in [1.807, 2.05) is 6.92 Å². The Morgan fingerprint density at radius 3 is 0.785 bits per heavy atom. The normalized spacial score (nSPS) is 14.3. The van der Waals surface area contributed by atoms with Crippen LogP contribution in [0.1, 0.15) is 304 Å². The summed E-state index contributed by atoms with van der Waals surface area (Å²) in [5.41, 5.74) is 0. The molecule has 0 aliphatic rings. The van der Waals surface area contributed by atoms with E-state index in [9.17, 15) is 43.2 Å². The summed E-state index contributed by atoms with van der Waals surface area (Å²) in [5.74, 6) is -2.17. The number of phosphoric acid groups is 2. The van der Waals surface area contributed by atoms with Crippen LogP contribution >= 0.6 is 15.6 Å². The summed E-state index contributed by atoms with van der Waals surface area (Å²) in [6, 6.07) is 0. The van der Waals surface area contributed by atoms with Crippen LogP contribution in [0.4, 0.5) is 0 Å². The topological polar surface area (TPSA) is 237 Å². The first-order valence-electron chi connectivity index (χ1n) is 31.8. The average molecular weight is 1170 g/mol. The van der Waals surface area contributed by atoms with E-state index in [1.165, 1.54) is 148 Å². The van der Waals surface area contributed by atoms with Gasteiger partial charge in [-0.2, -0.15) is 0 Å². The molecule has 0 rings (SSSR count). The maximum Gasteiger partial charge on any atom is 0.472 e. The van der Waals surface area contributed by atoms with Gasteiger partial charge in [0.1, 0.15) is 19.3 Å². The highest BCUT2D eigenvalue weighted by Crippen LogP contribution is 2.45. The average Bonchev–Trinajstić information content (AvgIpc) is 3.42. The quantitative estimate of drug-likeness (QED) is 0.0222. The highest BCUT2D eigenvalue weighted by molar-refractivity contribution is 7.47. The Bertz CT molecular complexity index is 1540. The summed E-state index contributed by atoms with van der Waals surface area (Å²) in [7, 11) is -9.86. The lowest BCUT2D eigenvalue weighted by Crippen LogP contribution is -2.30. The van der Waals surface area contributed by atoms with Gasteiger partial charge in [-0.25, -0.2) is 9.13 Å². The zero-order valence-electron chi connectivity index (χ0n) is 50.3. The fraction of sp³-hybridized carbons (Fsp3) is 0.933. The molecule has 17 nitrogen and oxygen atoms in total. The van der Waals surface area contributed by atoms with Gasteiger partial charge in [0.25, 0.3) is 0 Å². The first kappa shape index (κ1) is 77.1. The van der Waals surface area contributed by atoms with Gasteiger partial charge in [0, 0.05) is 25.7 Å². The first-order chi connectivity index (χ1) is 38.2. The van der Waals surface area contributed by atoms with Crippen molar-refractivity contribution in [3.8, 4) is 0 Å². The molecular formula is C60H116O17P2. The predicted octanol–water partition coefficient (Wildman–Crippen LogP) is 16.4. The molecule has 0 saturated carbocycles. The van der Waals surface area contributed by atoms with Crippen molar-refractivity contribution in [2.45, 2.75) is 322 Å². The lowest BCUT2D eigenvalue weighted by atomic mass is 10.0. The van der Waals surface area contributed by atoms with Crippen LogP contribution in [0.2, 0.25) is 0 Å². The van der Waals surface area contributed by atoms with Crippen LogP contribution in [0.15, 0.2) is 0 Å². The highest BCUT2D eigenvalue weighted by atomic mass is 31.2. The lowest BCUT2D eigenvalue weighted by Gasteiger charge is -2.21. The Morgan fingerprint density at radius 1 is 0.304 bits per heavy atom. The smallest absolute Gasteiger partial charge is 0.462 e. The molecule has 0 amide bonds. The molecule has 0 bridgehead atoms. The van der Waals surface area contributed by atoms with Crippen molar-refractivity contribution in [2.24, 2.45) is 0 Å². The molecule has 468 valence electrons. The third kappa shape index (κ3) is 55.0. The van der Waals surface area contributed by atoms with Crippen molar-refractivity contribution in [1.29, 1.82) is 0 Å². The molecule has 3 N–H and O–H groups in total. The number of hydrogen-bond acceptors (Lipinski definition) is 15. The monoisotopic (exact) mass is 1170 g/mol. The summed E-state index contributed by atoms with van der Waals surface area (Å²) in [6.45, 7) is 4.60. The van der Waals surface area contributed by atoms with E-state index in [0.717, 1.165) is 77.0 Å². The Balaban J connectivity index is 5.07. The predicted molar refractivity (Wildman–Crippen MR) is 312 cm³/mol. The Hall–Kier alpha value is -1.94. The highest BCUT2D eigenvalue weighted by Gasteiger charge is 2.30. The molecule has 0 spiro atoms. The fourth-order valence-corrected chi connectivity index (χ4v) is 10.5.